The van der Waals surface area contributed by atoms with Crippen LogP contribution in [0.5, 0.6) is 0 Å². The molecule has 1 aliphatic heterocycles. The van der Waals surface area contributed by atoms with Crippen LogP contribution in [0, 0.1) is 0 Å². The predicted molar refractivity (Wildman–Crippen MR) is 77.5 cm³/mol. The molecule has 0 saturated heterocycles. The van der Waals surface area contributed by atoms with Crippen LogP contribution < -0.4 is 10.2 Å². The lowest BCUT2D eigenvalue weighted by Gasteiger charge is -2.25. The number of anilines is 2. The molecule has 0 aromatic carbocycles. The standard InChI is InChI=1S/C13H15N5OS/c1-2-14-11(19)12-17-10-9(20-12)5-3-8-18(10)13-15-6-4-7-16-13/h4,6-7H,2-3,5,8H2,1H3,(H,14,19). The fourth-order valence-corrected chi connectivity index (χ4v) is 3.20. The molecule has 0 fully saturated rings. The van der Waals surface area contributed by atoms with Gasteiger partial charge in [0.25, 0.3) is 5.91 Å². The number of hydrogen-bond donors (Lipinski definition) is 1. The summed E-state index contributed by atoms with van der Waals surface area (Å²) in [6.07, 6.45) is 5.40. The number of carbonyl (C=O) groups excluding carboxylic acids is 1. The molecule has 0 bridgehead atoms. The summed E-state index contributed by atoms with van der Waals surface area (Å²) in [6.45, 7) is 3.33. The highest BCUT2D eigenvalue weighted by molar-refractivity contribution is 7.14. The molecule has 3 rings (SSSR count). The van der Waals surface area contributed by atoms with Crippen LogP contribution in [0.25, 0.3) is 0 Å². The normalized spacial score (nSPS) is 13.9. The van der Waals surface area contributed by atoms with E-state index in [1.807, 2.05) is 11.8 Å². The maximum Gasteiger partial charge on any atom is 0.280 e. The van der Waals surface area contributed by atoms with Crippen molar-refractivity contribution in [1.82, 2.24) is 20.3 Å². The Morgan fingerprint density at radius 3 is 3.00 bits per heavy atom. The van der Waals surface area contributed by atoms with Crippen LogP contribution >= 0.6 is 11.3 Å². The number of nitrogens with one attached hydrogen (secondary N) is 1. The van der Waals surface area contributed by atoms with Gasteiger partial charge in [-0.05, 0) is 25.8 Å². The highest BCUT2D eigenvalue weighted by atomic mass is 32.1. The first-order valence-electron chi connectivity index (χ1n) is 6.62. The lowest BCUT2D eigenvalue weighted by Crippen LogP contribution is -2.26. The topological polar surface area (TPSA) is 71.0 Å². The average Bonchev–Trinajstić information content (AvgIpc) is 2.92. The number of aryl methyl sites for hydroxylation is 1. The van der Waals surface area contributed by atoms with Gasteiger partial charge in [0, 0.05) is 30.4 Å². The highest BCUT2D eigenvalue weighted by Crippen LogP contribution is 2.34. The summed E-state index contributed by atoms with van der Waals surface area (Å²) >= 11 is 1.46. The number of hydrogen-bond acceptors (Lipinski definition) is 6. The van der Waals surface area contributed by atoms with E-state index >= 15 is 0 Å². The van der Waals surface area contributed by atoms with Gasteiger partial charge in [-0.2, -0.15) is 0 Å². The molecule has 0 radical (unpaired) electrons. The Bertz CT molecular complexity index is 612. The SMILES string of the molecule is CCNC(=O)c1nc2c(s1)CCCN2c1ncccn1. The zero-order valence-electron chi connectivity index (χ0n) is 11.2. The average molecular weight is 289 g/mol. The molecule has 0 aliphatic carbocycles. The lowest BCUT2D eigenvalue weighted by molar-refractivity contribution is 0.0955. The predicted octanol–water partition coefficient (Wildman–Crippen LogP) is 1.77. The first kappa shape index (κ1) is 13.0. The molecular formula is C13H15N5OS. The van der Waals surface area contributed by atoms with Crippen LogP contribution in [0.1, 0.15) is 28.0 Å². The van der Waals surface area contributed by atoms with Gasteiger partial charge in [-0.3, -0.25) is 9.69 Å². The fourth-order valence-electron chi connectivity index (χ4n) is 2.18. The van der Waals surface area contributed by atoms with Gasteiger partial charge < -0.3 is 5.32 Å². The zero-order valence-corrected chi connectivity index (χ0v) is 12.0. The van der Waals surface area contributed by atoms with Crippen molar-refractivity contribution in [2.75, 3.05) is 18.0 Å². The smallest absolute Gasteiger partial charge is 0.280 e. The van der Waals surface area contributed by atoms with Gasteiger partial charge in [0.15, 0.2) is 10.8 Å². The van der Waals surface area contributed by atoms with E-state index in [9.17, 15) is 4.79 Å². The molecule has 0 unspecified atom stereocenters. The van der Waals surface area contributed by atoms with E-state index in [-0.39, 0.29) is 5.91 Å². The summed E-state index contributed by atoms with van der Waals surface area (Å²) in [7, 11) is 0. The summed E-state index contributed by atoms with van der Waals surface area (Å²) in [5.41, 5.74) is 0. The van der Waals surface area contributed by atoms with E-state index in [4.69, 9.17) is 0 Å². The maximum atomic E-state index is 11.9. The molecule has 6 nitrogen and oxygen atoms in total. The number of amides is 1. The van der Waals surface area contributed by atoms with E-state index in [0.29, 0.717) is 17.5 Å². The van der Waals surface area contributed by atoms with Gasteiger partial charge in [0.2, 0.25) is 5.95 Å². The minimum Gasteiger partial charge on any atom is -0.350 e. The molecular weight excluding hydrogens is 274 g/mol. The van der Waals surface area contributed by atoms with E-state index < -0.39 is 0 Å². The van der Waals surface area contributed by atoms with Crippen molar-refractivity contribution in [3.63, 3.8) is 0 Å². The summed E-state index contributed by atoms with van der Waals surface area (Å²) < 4.78 is 0. The van der Waals surface area contributed by atoms with E-state index in [1.54, 1.807) is 18.5 Å². The molecule has 0 spiro atoms. The fraction of sp³-hybridized carbons (Fsp3) is 0.385. The molecule has 20 heavy (non-hydrogen) atoms. The number of aromatic nitrogens is 3. The Morgan fingerprint density at radius 1 is 1.45 bits per heavy atom. The van der Waals surface area contributed by atoms with Crippen LogP contribution in [0.4, 0.5) is 11.8 Å². The van der Waals surface area contributed by atoms with E-state index in [2.05, 4.69) is 20.3 Å². The number of nitrogens with zero attached hydrogens (tertiary/aromatic N) is 4. The Morgan fingerprint density at radius 2 is 2.25 bits per heavy atom. The van der Waals surface area contributed by atoms with Gasteiger partial charge in [-0.15, -0.1) is 11.3 Å². The zero-order chi connectivity index (χ0) is 13.9. The minimum absolute atomic E-state index is 0.110. The van der Waals surface area contributed by atoms with Gasteiger partial charge >= 0.3 is 0 Å². The first-order valence-corrected chi connectivity index (χ1v) is 7.43. The van der Waals surface area contributed by atoms with Crippen LogP contribution in [-0.2, 0) is 6.42 Å². The molecule has 7 heteroatoms. The van der Waals surface area contributed by atoms with Crippen molar-refractivity contribution in [1.29, 1.82) is 0 Å². The van der Waals surface area contributed by atoms with Gasteiger partial charge in [-0.25, -0.2) is 15.0 Å². The molecule has 2 aromatic rings. The number of carbonyl (C=O) groups is 1. The third-order valence-electron chi connectivity index (χ3n) is 3.04. The third-order valence-corrected chi connectivity index (χ3v) is 4.15. The molecule has 3 heterocycles. The summed E-state index contributed by atoms with van der Waals surface area (Å²) in [5, 5.41) is 3.30. The molecule has 2 aromatic heterocycles. The van der Waals surface area contributed by atoms with Gasteiger partial charge in [0.05, 0.1) is 0 Å². The second-order valence-corrected chi connectivity index (χ2v) is 5.51. The largest absolute Gasteiger partial charge is 0.350 e. The molecule has 1 amide bonds. The van der Waals surface area contributed by atoms with Crippen molar-refractivity contribution >= 4 is 29.0 Å². The van der Waals surface area contributed by atoms with Crippen molar-refractivity contribution in [3.05, 3.63) is 28.3 Å². The molecule has 0 atom stereocenters. The van der Waals surface area contributed by atoms with Crippen molar-refractivity contribution in [2.24, 2.45) is 0 Å². The van der Waals surface area contributed by atoms with Gasteiger partial charge in [-0.1, -0.05) is 0 Å². The second-order valence-electron chi connectivity index (χ2n) is 4.43. The first-order chi connectivity index (χ1) is 9.79. The highest BCUT2D eigenvalue weighted by Gasteiger charge is 2.26. The monoisotopic (exact) mass is 289 g/mol. The van der Waals surface area contributed by atoms with Crippen LogP contribution in [0.15, 0.2) is 18.5 Å². The van der Waals surface area contributed by atoms with Crippen LogP contribution in [0.3, 0.4) is 0 Å². The minimum atomic E-state index is -0.110. The van der Waals surface area contributed by atoms with E-state index in [0.717, 1.165) is 30.1 Å². The second kappa shape index (κ2) is 5.54. The number of fused-ring (bicyclic) bond motifs is 1. The molecule has 1 aliphatic rings. The van der Waals surface area contributed by atoms with Crippen LogP contribution in [0.2, 0.25) is 0 Å². The summed E-state index contributed by atoms with van der Waals surface area (Å²) in [5.74, 6) is 1.36. The van der Waals surface area contributed by atoms with E-state index in [1.165, 1.54) is 11.3 Å². The Balaban J connectivity index is 1.95. The maximum absolute atomic E-state index is 11.9. The Hall–Kier alpha value is -2.02. The van der Waals surface area contributed by atoms with Crippen LogP contribution in [-0.4, -0.2) is 33.9 Å². The number of rotatable bonds is 3. The van der Waals surface area contributed by atoms with Crippen molar-refractivity contribution < 1.29 is 4.79 Å². The molecule has 0 saturated carbocycles. The Labute approximate surface area is 120 Å². The molecule has 104 valence electrons. The summed E-state index contributed by atoms with van der Waals surface area (Å²) in [4.78, 5) is 28.0. The number of thiazole rings is 1. The van der Waals surface area contributed by atoms with Crippen molar-refractivity contribution in [3.8, 4) is 0 Å². The third kappa shape index (κ3) is 2.36. The molecule has 1 N–H and O–H groups in total. The summed E-state index contributed by atoms with van der Waals surface area (Å²) in [6, 6.07) is 1.79. The quantitative estimate of drug-likeness (QED) is 0.932. The van der Waals surface area contributed by atoms with Gasteiger partial charge in [0.1, 0.15) is 0 Å². The lowest BCUT2D eigenvalue weighted by atomic mass is 10.2. The van der Waals surface area contributed by atoms with Crippen molar-refractivity contribution in [2.45, 2.75) is 19.8 Å². The Kier molecular flexibility index (Phi) is 3.60.